The maximum atomic E-state index is 5.67. The van der Waals surface area contributed by atoms with E-state index in [0.29, 0.717) is 11.8 Å². The van der Waals surface area contributed by atoms with Crippen molar-refractivity contribution in [1.82, 2.24) is 15.0 Å². The predicted octanol–water partition coefficient (Wildman–Crippen LogP) is 2.40. The van der Waals surface area contributed by atoms with Crippen LogP contribution in [0.15, 0.2) is 34.3 Å². The van der Waals surface area contributed by atoms with Gasteiger partial charge in [-0.2, -0.15) is 15.0 Å². The molecule has 0 saturated heterocycles. The average Bonchev–Trinajstić information content (AvgIpc) is 2.45. The number of anilines is 1. The topological polar surface area (TPSA) is 83.2 Å². The molecule has 0 radical (unpaired) electrons. The van der Waals surface area contributed by atoms with Gasteiger partial charge in [-0.25, -0.2) is 0 Å². The van der Waals surface area contributed by atoms with Crippen LogP contribution in [0.1, 0.15) is 13.3 Å². The highest BCUT2D eigenvalue weighted by atomic mass is 32.2. The van der Waals surface area contributed by atoms with Gasteiger partial charge in [0, 0.05) is 0 Å². The summed E-state index contributed by atoms with van der Waals surface area (Å²) in [5.74, 6) is 0.899. The van der Waals surface area contributed by atoms with E-state index in [-0.39, 0.29) is 12.0 Å². The van der Waals surface area contributed by atoms with E-state index in [4.69, 9.17) is 15.2 Å². The number of nitrogens with two attached hydrogens (primary N) is 1. The number of nitrogens with zero attached hydrogens (tertiary/aromatic N) is 3. The third-order valence-electron chi connectivity index (χ3n) is 2.32. The third kappa shape index (κ3) is 3.74. The number of hydrogen-bond donors (Lipinski definition) is 1. The summed E-state index contributed by atoms with van der Waals surface area (Å²) in [6.07, 6.45) is 0.876. The molecule has 0 aliphatic carbocycles. The molecule has 2 rings (SSSR count). The fraction of sp³-hybridized carbons (Fsp3) is 0.308. The first-order valence-corrected chi connectivity index (χ1v) is 6.99. The molecule has 0 atom stereocenters. The lowest BCUT2D eigenvalue weighted by Gasteiger charge is -2.08. The van der Waals surface area contributed by atoms with Gasteiger partial charge < -0.3 is 15.2 Å². The normalized spacial score (nSPS) is 10.3. The third-order valence-corrected chi connectivity index (χ3v) is 3.24. The van der Waals surface area contributed by atoms with E-state index in [1.165, 1.54) is 11.8 Å². The Balaban J connectivity index is 2.22. The van der Waals surface area contributed by atoms with Crippen LogP contribution in [0.5, 0.6) is 11.8 Å². The molecule has 6 nitrogen and oxygen atoms in total. The number of benzene rings is 1. The van der Waals surface area contributed by atoms with Crippen LogP contribution in [0, 0.1) is 0 Å². The summed E-state index contributed by atoms with van der Waals surface area (Å²) >= 11 is 1.35. The fourth-order valence-corrected chi connectivity index (χ4v) is 2.32. The second-order valence-corrected chi connectivity index (χ2v) is 4.87. The number of para-hydroxylation sites is 1. The van der Waals surface area contributed by atoms with Crippen LogP contribution in [0.3, 0.4) is 0 Å². The van der Waals surface area contributed by atoms with Crippen molar-refractivity contribution in [2.75, 3.05) is 19.5 Å². The molecule has 0 bridgehead atoms. The van der Waals surface area contributed by atoms with Crippen molar-refractivity contribution in [3.63, 3.8) is 0 Å². The summed E-state index contributed by atoms with van der Waals surface area (Å²) in [7, 11) is 1.62. The molecule has 1 heterocycles. The van der Waals surface area contributed by atoms with Crippen LogP contribution in [-0.4, -0.2) is 28.7 Å². The van der Waals surface area contributed by atoms with Crippen LogP contribution >= 0.6 is 11.8 Å². The number of aromatic nitrogens is 3. The van der Waals surface area contributed by atoms with Crippen LogP contribution in [0.25, 0.3) is 0 Å². The molecule has 0 saturated carbocycles. The molecule has 0 fully saturated rings. The Morgan fingerprint density at radius 3 is 2.75 bits per heavy atom. The van der Waals surface area contributed by atoms with Gasteiger partial charge >= 0.3 is 6.01 Å². The number of rotatable bonds is 6. The molecule has 0 spiro atoms. The van der Waals surface area contributed by atoms with Crippen LogP contribution in [0.2, 0.25) is 0 Å². The molecule has 0 aliphatic rings. The van der Waals surface area contributed by atoms with E-state index >= 15 is 0 Å². The van der Waals surface area contributed by atoms with Crippen molar-refractivity contribution in [2.24, 2.45) is 0 Å². The lowest BCUT2D eigenvalue weighted by molar-refractivity contribution is 0.288. The summed E-state index contributed by atoms with van der Waals surface area (Å²) in [6, 6.07) is 7.87. The van der Waals surface area contributed by atoms with Gasteiger partial charge in [-0.05, 0) is 30.3 Å². The summed E-state index contributed by atoms with van der Waals surface area (Å²) in [6.45, 7) is 2.55. The number of nitrogen functional groups attached to an aromatic ring is 1. The van der Waals surface area contributed by atoms with Gasteiger partial charge in [0.25, 0.3) is 0 Å². The maximum Gasteiger partial charge on any atom is 0.322 e. The molecule has 0 amide bonds. The Morgan fingerprint density at radius 1 is 1.20 bits per heavy atom. The van der Waals surface area contributed by atoms with Crippen LogP contribution < -0.4 is 15.2 Å². The minimum atomic E-state index is 0.142. The van der Waals surface area contributed by atoms with E-state index in [1.807, 2.05) is 31.2 Å². The highest BCUT2D eigenvalue weighted by Gasteiger charge is 2.10. The smallest absolute Gasteiger partial charge is 0.322 e. The monoisotopic (exact) mass is 292 g/mol. The minimum absolute atomic E-state index is 0.142. The standard InChI is InChI=1S/C13H16N4O2S/c1-3-8-19-12-15-11(14)16-13(17-12)20-10-7-5-4-6-9(10)18-2/h4-7H,3,8H2,1-2H3,(H2,14,15,16,17). The Bertz CT molecular complexity index is 580. The molecular formula is C13H16N4O2S. The van der Waals surface area contributed by atoms with Gasteiger partial charge in [0.1, 0.15) is 5.75 Å². The first kappa shape index (κ1) is 14.4. The van der Waals surface area contributed by atoms with Gasteiger partial charge in [-0.1, -0.05) is 19.1 Å². The molecular weight excluding hydrogens is 276 g/mol. The predicted molar refractivity (Wildman–Crippen MR) is 77.1 cm³/mol. The molecule has 2 aromatic rings. The molecule has 2 N–H and O–H groups in total. The SMILES string of the molecule is CCCOc1nc(N)nc(Sc2ccccc2OC)n1. The molecule has 1 aromatic heterocycles. The van der Waals surface area contributed by atoms with Gasteiger partial charge in [-0.15, -0.1) is 0 Å². The Hall–Kier alpha value is -2.02. The Labute approximate surface area is 121 Å². The lowest BCUT2D eigenvalue weighted by atomic mass is 10.3. The summed E-state index contributed by atoms with van der Waals surface area (Å²) < 4.78 is 10.7. The summed E-state index contributed by atoms with van der Waals surface area (Å²) in [4.78, 5) is 13.2. The molecule has 0 unspecified atom stereocenters. The molecule has 0 aliphatic heterocycles. The van der Waals surface area contributed by atoms with Gasteiger partial charge in [0.15, 0.2) is 0 Å². The van der Waals surface area contributed by atoms with Crippen molar-refractivity contribution in [1.29, 1.82) is 0 Å². The summed E-state index contributed by atoms with van der Waals surface area (Å²) in [5, 5.41) is 0.480. The molecule has 20 heavy (non-hydrogen) atoms. The van der Waals surface area contributed by atoms with E-state index in [2.05, 4.69) is 15.0 Å². The number of methoxy groups -OCH3 is 1. The minimum Gasteiger partial charge on any atom is -0.496 e. The first-order valence-electron chi connectivity index (χ1n) is 6.18. The Kier molecular flexibility index (Phi) is 5.00. The number of hydrogen-bond acceptors (Lipinski definition) is 7. The van der Waals surface area contributed by atoms with Crippen LogP contribution in [0.4, 0.5) is 5.95 Å². The van der Waals surface area contributed by atoms with Gasteiger partial charge in [-0.3, -0.25) is 0 Å². The van der Waals surface area contributed by atoms with Crippen molar-refractivity contribution < 1.29 is 9.47 Å². The van der Waals surface area contributed by atoms with E-state index in [0.717, 1.165) is 17.1 Å². The van der Waals surface area contributed by atoms with Crippen molar-refractivity contribution >= 4 is 17.7 Å². The van der Waals surface area contributed by atoms with Gasteiger partial charge in [0.2, 0.25) is 11.1 Å². The number of ether oxygens (including phenoxy) is 2. The van der Waals surface area contributed by atoms with E-state index in [1.54, 1.807) is 7.11 Å². The second kappa shape index (κ2) is 6.95. The zero-order valence-electron chi connectivity index (χ0n) is 11.4. The molecule has 7 heteroatoms. The van der Waals surface area contributed by atoms with E-state index < -0.39 is 0 Å². The molecule has 1 aromatic carbocycles. The van der Waals surface area contributed by atoms with Crippen LogP contribution in [-0.2, 0) is 0 Å². The highest BCUT2D eigenvalue weighted by molar-refractivity contribution is 7.99. The summed E-state index contributed by atoms with van der Waals surface area (Å²) in [5.41, 5.74) is 5.67. The first-order chi connectivity index (χ1) is 9.72. The lowest BCUT2D eigenvalue weighted by Crippen LogP contribution is -2.05. The van der Waals surface area contributed by atoms with E-state index in [9.17, 15) is 0 Å². The zero-order chi connectivity index (χ0) is 14.4. The maximum absolute atomic E-state index is 5.67. The van der Waals surface area contributed by atoms with Gasteiger partial charge in [0.05, 0.1) is 18.6 Å². The zero-order valence-corrected chi connectivity index (χ0v) is 12.2. The average molecular weight is 292 g/mol. The quantitative estimate of drug-likeness (QED) is 0.875. The largest absolute Gasteiger partial charge is 0.496 e. The second-order valence-electron chi connectivity index (χ2n) is 3.86. The Morgan fingerprint density at radius 2 is 2.00 bits per heavy atom. The molecule has 106 valence electrons. The fourth-order valence-electron chi connectivity index (χ4n) is 1.46. The van der Waals surface area contributed by atoms with Crippen molar-refractivity contribution in [3.05, 3.63) is 24.3 Å². The van der Waals surface area contributed by atoms with Crippen molar-refractivity contribution in [2.45, 2.75) is 23.4 Å². The van der Waals surface area contributed by atoms with Crippen molar-refractivity contribution in [3.8, 4) is 11.8 Å². The highest BCUT2D eigenvalue weighted by Crippen LogP contribution is 2.33.